The summed E-state index contributed by atoms with van der Waals surface area (Å²) in [6.45, 7) is 4.46. The Labute approximate surface area is 196 Å². The van der Waals surface area contributed by atoms with Gasteiger partial charge in [-0.1, -0.05) is 19.1 Å². The number of aromatic nitrogens is 3. The number of carbonyl (C=O) groups excluding carboxylic acids is 1. The lowest BCUT2D eigenvalue weighted by molar-refractivity contribution is 0.0995. The van der Waals surface area contributed by atoms with E-state index in [-0.39, 0.29) is 28.7 Å². The zero-order chi connectivity index (χ0) is 24.2. The molecule has 0 unspecified atom stereocenters. The maximum atomic E-state index is 14.4. The number of nitrogens with one attached hydrogen (secondary N) is 2. The average molecular weight is 468 g/mol. The minimum atomic E-state index is -0.887. The predicted molar refractivity (Wildman–Crippen MR) is 125 cm³/mol. The highest BCUT2D eigenvalue weighted by Crippen LogP contribution is 2.33. The van der Waals surface area contributed by atoms with Gasteiger partial charge in [-0.3, -0.25) is 9.69 Å². The van der Waals surface area contributed by atoms with Crippen LogP contribution in [0.25, 0.3) is 0 Å². The zero-order valence-electron chi connectivity index (χ0n) is 18.9. The van der Waals surface area contributed by atoms with Gasteiger partial charge in [0.25, 0.3) is 5.91 Å². The molecular formula is C23H26FN7O3. The number of nitrogens with two attached hydrogens (primary N) is 1. The van der Waals surface area contributed by atoms with E-state index in [4.69, 9.17) is 10.5 Å². The molecule has 0 bridgehead atoms. The number of methoxy groups -OCH3 is 1. The van der Waals surface area contributed by atoms with Crippen molar-refractivity contribution in [2.75, 3.05) is 30.8 Å². The van der Waals surface area contributed by atoms with Gasteiger partial charge in [0.15, 0.2) is 11.5 Å². The number of nitrogens with zero attached hydrogens (tertiary/aromatic N) is 4. The molecule has 2 aromatic carbocycles. The lowest BCUT2D eigenvalue weighted by Crippen LogP contribution is -2.30. The molecule has 4 rings (SSSR count). The molecule has 1 aromatic heterocycles. The number of fused-ring (bicyclic) bond motifs is 1. The van der Waals surface area contributed by atoms with Gasteiger partial charge in [-0.25, -0.2) is 4.39 Å². The van der Waals surface area contributed by atoms with Gasteiger partial charge in [-0.2, -0.15) is 4.98 Å². The van der Waals surface area contributed by atoms with E-state index in [2.05, 4.69) is 37.6 Å². The van der Waals surface area contributed by atoms with E-state index in [1.807, 2.05) is 12.1 Å². The number of hydrogen-bond donors (Lipinski definition) is 4. The first kappa shape index (κ1) is 23.3. The monoisotopic (exact) mass is 467 g/mol. The second kappa shape index (κ2) is 9.98. The molecule has 0 saturated heterocycles. The highest BCUT2D eigenvalue weighted by atomic mass is 19.1. The molecule has 0 radical (unpaired) electrons. The standard InChI is InChI=1S/C23H26FN7O3/c1-3-31-8-7-13-10-18(34-2)17(9-15(13)11-31)26-23-28-22(20(21(25)33)29-30-23)27-19-14(12-32)5-4-6-16(19)24/h4-6,9-10,32H,3,7-8,11-12H2,1-2H3,(H2,25,33)(H2,26,27,28,30). The van der Waals surface area contributed by atoms with Crippen LogP contribution in [0.2, 0.25) is 0 Å². The number of anilines is 4. The number of rotatable bonds is 8. The fraction of sp³-hybridized carbons (Fsp3) is 0.304. The van der Waals surface area contributed by atoms with Crippen molar-refractivity contribution in [3.8, 4) is 5.75 Å². The summed E-state index contributed by atoms with van der Waals surface area (Å²) < 4.78 is 20.0. The van der Waals surface area contributed by atoms with Crippen molar-refractivity contribution in [1.29, 1.82) is 0 Å². The maximum Gasteiger partial charge on any atom is 0.273 e. The Bertz CT molecular complexity index is 1220. The first-order chi connectivity index (χ1) is 16.4. The van der Waals surface area contributed by atoms with Crippen molar-refractivity contribution >= 4 is 29.0 Å². The van der Waals surface area contributed by atoms with E-state index in [0.717, 1.165) is 31.6 Å². The normalized spacial score (nSPS) is 13.3. The summed E-state index contributed by atoms with van der Waals surface area (Å²) in [5.41, 5.74) is 8.39. The van der Waals surface area contributed by atoms with E-state index < -0.39 is 18.3 Å². The van der Waals surface area contributed by atoms with Crippen molar-refractivity contribution < 1.29 is 19.0 Å². The summed E-state index contributed by atoms with van der Waals surface area (Å²) in [6.07, 6.45) is 0.926. The SMILES string of the molecule is CCN1CCc2cc(OC)c(Nc3nnc(C(N)=O)c(Nc4c(F)cccc4CO)n3)cc2C1. The van der Waals surface area contributed by atoms with Crippen LogP contribution >= 0.6 is 0 Å². The van der Waals surface area contributed by atoms with Crippen molar-refractivity contribution in [2.45, 2.75) is 26.5 Å². The van der Waals surface area contributed by atoms with Crippen LogP contribution in [0, 0.1) is 5.82 Å². The van der Waals surface area contributed by atoms with Gasteiger partial charge >= 0.3 is 0 Å². The molecule has 1 amide bonds. The summed E-state index contributed by atoms with van der Waals surface area (Å²) in [5, 5.41) is 23.2. The summed E-state index contributed by atoms with van der Waals surface area (Å²) in [6, 6.07) is 8.20. The Morgan fingerprint density at radius 3 is 2.79 bits per heavy atom. The largest absolute Gasteiger partial charge is 0.495 e. The molecule has 178 valence electrons. The first-order valence-corrected chi connectivity index (χ1v) is 10.8. The topological polar surface area (TPSA) is 139 Å². The highest BCUT2D eigenvalue weighted by Gasteiger charge is 2.21. The molecule has 3 aromatic rings. The number of amides is 1. The van der Waals surface area contributed by atoms with Crippen molar-refractivity contribution in [3.63, 3.8) is 0 Å². The molecule has 0 atom stereocenters. The maximum absolute atomic E-state index is 14.4. The van der Waals surface area contributed by atoms with Crippen LogP contribution in [0.15, 0.2) is 30.3 Å². The van der Waals surface area contributed by atoms with Gasteiger partial charge in [-0.15, -0.1) is 10.2 Å². The van der Waals surface area contributed by atoms with E-state index >= 15 is 0 Å². The minimum absolute atomic E-state index is 0.0371. The number of para-hydroxylation sites is 1. The van der Waals surface area contributed by atoms with Gasteiger partial charge in [-0.05, 0) is 42.3 Å². The number of halogens is 1. The Morgan fingerprint density at radius 1 is 1.26 bits per heavy atom. The fourth-order valence-electron chi connectivity index (χ4n) is 3.89. The van der Waals surface area contributed by atoms with E-state index in [1.165, 1.54) is 17.7 Å². The Kier molecular flexibility index (Phi) is 6.85. The molecule has 10 nitrogen and oxygen atoms in total. The minimum Gasteiger partial charge on any atom is -0.495 e. The lowest BCUT2D eigenvalue weighted by atomic mass is 9.98. The third-order valence-electron chi connectivity index (χ3n) is 5.74. The Balaban J connectivity index is 1.70. The molecule has 0 spiro atoms. The predicted octanol–water partition coefficient (Wildman–Crippen LogP) is 2.48. The quantitative estimate of drug-likeness (QED) is 0.393. The van der Waals surface area contributed by atoms with Crippen LogP contribution in [-0.2, 0) is 19.6 Å². The number of hydrogen-bond acceptors (Lipinski definition) is 9. The molecule has 0 aliphatic carbocycles. The Morgan fingerprint density at radius 2 is 2.09 bits per heavy atom. The molecule has 11 heteroatoms. The molecular weight excluding hydrogens is 441 g/mol. The molecule has 1 aliphatic heterocycles. The Hall–Kier alpha value is -3.83. The van der Waals surface area contributed by atoms with Crippen LogP contribution in [0.5, 0.6) is 5.75 Å². The molecule has 1 aliphatic rings. The molecule has 0 saturated carbocycles. The van der Waals surface area contributed by atoms with Crippen LogP contribution in [0.3, 0.4) is 0 Å². The number of ether oxygens (including phenoxy) is 1. The summed E-state index contributed by atoms with van der Waals surface area (Å²) >= 11 is 0. The van der Waals surface area contributed by atoms with E-state index in [0.29, 0.717) is 11.4 Å². The summed E-state index contributed by atoms with van der Waals surface area (Å²) in [5.74, 6) is -0.957. The smallest absolute Gasteiger partial charge is 0.273 e. The number of carbonyl (C=O) groups is 1. The summed E-state index contributed by atoms with van der Waals surface area (Å²) in [4.78, 5) is 18.5. The van der Waals surface area contributed by atoms with E-state index in [9.17, 15) is 14.3 Å². The van der Waals surface area contributed by atoms with Crippen molar-refractivity contribution in [2.24, 2.45) is 5.73 Å². The van der Waals surface area contributed by atoms with Gasteiger partial charge in [0.1, 0.15) is 11.6 Å². The number of likely N-dealkylation sites (N-methyl/N-ethyl adjacent to an activating group) is 1. The van der Waals surface area contributed by atoms with E-state index in [1.54, 1.807) is 13.2 Å². The van der Waals surface area contributed by atoms with Gasteiger partial charge < -0.3 is 26.2 Å². The third kappa shape index (κ3) is 4.75. The third-order valence-corrected chi connectivity index (χ3v) is 5.74. The van der Waals surface area contributed by atoms with Gasteiger partial charge in [0.2, 0.25) is 5.95 Å². The van der Waals surface area contributed by atoms with Crippen LogP contribution in [0.4, 0.5) is 27.5 Å². The van der Waals surface area contributed by atoms with Gasteiger partial charge in [0, 0.05) is 18.7 Å². The zero-order valence-corrected chi connectivity index (χ0v) is 18.9. The number of benzene rings is 2. The molecule has 34 heavy (non-hydrogen) atoms. The second-order valence-electron chi connectivity index (χ2n) is 7.82. The van der Waals surface area contributed by atoms with Crippen molar-refractivity contribution in [3.05, 3.63) is 58.5 Å². The molecule has 2 heterocycles. The molecule has 5 N–H and O–H groups in total. The first-order valence-electron chi connectivity index (χ1n) is 10.8. The number of aliphatic hydroxyl groups excluding tert-OH is 1. The van der Waals surface area contributed by atoms with Crippen LogP contribution in [-0.4, -0.2) is 51.3 Å². The van der Waals surface area contributed by atoms with Crippen molar-refractivity contribution in [1.82, 2.24) is 20.1 Å². The number of primary amides is 1. The van der Waals surface area contributed by atoms with Crippen LogP contribution < -0.4 is 21.1 Å². The second-order valence-corrected chi connectivity index (χ2v) is 7.82. The van der Waals surface area contributed by atoms with Crippen LogP contribution in [0.1, 0.15) is 34.1 Å². The van der Waals surface area contributed by atoms with Gasteiger partial charge in [0.05, 0.1) is 25.1 Å². The number of aliphatic hydroxyl groups is 1. The molecule has 0 fully saturated rings. The highest BCUT2D eigenvalue weighted by molar-refractivity contribution is 5.96. The fourth-order valence-corrected chi connectivity index (χ4v) is 3.89. The lowest BCUT2D eigenvalue weighted by Gasteiger charge is -2.28. The average Bonchev–Trinajstić information content (AvgIpc) is 2.84. The summed E-state index contributed by atoms with van der Waals surface area (Å²) in [7, 11) is 1.57.